The van der Waals surface area contributed by atoms with E-state index in [1.165, 1.54) is 0 Å². The number of fused-ring (bicyclic) bond motifs is 2. The van der Waals surface area contributed by atoms with E-state index in [2.05, 4.69) is 5.32 Å². The van der Waals surface area contributed by atoms with Crippen LogP contribution >= 0.6 is 0 Å². The van der Waals surface area contributed by atoms with E-state index in [9.17, 15) is 14.4 Å². The zero-order valence-corrected chi connectivity index (χ0v) is 19.6. The number of amides is 3. The van der Waals surface area contributed by atoms with Gasteiger partial charge in [-0.25, -0.2) is 0 Å². The maximum atomic E-state index is 13.4. The number of rotatable bonds is 8. The zero-order valence-electron chi connectivity index (χ0n) is 19.6. The molecule has 1 aromatic rings. The first-order valence-corrected chi connectivity index (χ1v) is 12.2. The molecule has 1 aromatic carbocycles. The fraction of sp³-hybridized carbons (Fsp3) is 0.640. The van der Waals surface area contributed by atoms with Crippen molar-refractivity contribution in [2.75, 3.05) is 26.2 Å². The standard InChI is InChI=1S/C25H35N3O5/c1-17(2)15-19(23(29)26-12-11-18-9-5-3-6-10-18)28-16-20-32-21(22(33-20)25(28)31)24(30)27-13-7-4-8-14-27/h3,5-6,9-10,17,19-22H,4,7-8,11-16H2,1-2H3,(H,26,29)/t19-,20-,21+,22-/m0/s1. The van der Waals surface area contributed by atoms with E-state index in [0.29, 0.717) is 26.1 Å². The van der Waals surface area contributed by atoms with E-state index >= 15 is 0 Å². The molecule has 0 aliphatic carbocycles. The average Bonchev–Trinajstić information content (AvgIpc) is 3.19. The molecule has 1 N–H and O–H groups in total. The second kappa shape index (κ2) is 10.7. The van der Waals surface area contributed by atoms with Crippen LogP contribution in [0.5, 0.6) is 0 Å². The Morgan fingerprint density at radius 3 is 2.52 bits per heavy atom. The van der Waals surface area contributed by atoms with E-state index in [1.807, 2.05) is 44.2 Å². The van der Waals surface area contributed by atoms with Crippen molar-refractivity contribution in [3.05, 3.63) is 35.9 Å². The maximum Gasteiger partial charge on any atom is 0.255 e. The summed E-state index contributed by atoms with van der Waals surface area (Å²) >= 11 is 0. The normalized spacial score (nSPS) is 25.9. The molecule has 0 radical (unpaired) electrons. The van der Waals surface area contributed by atoms with Crippen LogP contribution in [0.2, 0.25) is 0 Å². The molecule has 0 unspecified atom stereocenters. The number of carbonyl (C=O) groups is 3. The molecule has 3 heterocycles. The van der Waals surface area contributed by atoms with Crippen LogP contribution in [-0.2, 0) is 30.3 Å². The highest BCUT2D eigenvalue weighted by atomic mass is 16.7. The summed E-state index contributed by atoms with van der Waals surface area (Å²) in [6.45, 7) is 6.09. The topological polar surface area (TPSA) is 88.2 Å². The number of nitrogens with zero attached hydrogens (tertiary/aromatic N) is 2. The third-order valence-electron chi connectivity index (χ3n) is 6.58. The summed E-state index contributed by atoms with van der Waals surface area (Å²) in [6.07, 6.45) is 1.71. The van der Waals surface area contributed by atoms with Crippen molar-refractivity contribution < 1.29 is 23.9 Å². The summed E-state index contributed by atoms with van der Waals surface area (Å²) in [6, 6.07) is 9.35. The third-order valence-corrected chi connectivity index (χ3v) is 6.58. The van der Waals surface area contributed by atoms with Crippen LogP contribution < -0.4 is 5.32 Å². The Kier molecular flexibility index (Phi) is 7.65. The van der Waals surface area contributed by atoms with Gasteiger partial charge in [-0.15, -0.1) is 0 Å². The van der Waals surface area contributed by atoms with Crippen LogP contribution in [0.25, 0.3) is 0 Å². The lowest BCUT2D eigenvalue weighted by molar-refractivity contribution is -0.169. The molecular weight excluding hydrogens is 422 g/mol. The first-order chi connectivity index (χ1) is 15.9. The highest BCUT2D eigenvalue weighted by Crippen LogP contribution is 2.31. The minimum Gasteiger partial charge on any atom is -0.354 e. The van der Waals surface area contributed by atoms with Gasteiger partial charge in [0.2, 0.25) is 5.91 Å². The van der Waals surface area contributed by atoms with Crippen LogP contribution in [0.3, 0.4) is 0 Å². The molecule has 0 saturated carbocycles. The Bertz CT molecular complexity index is 840. The van der Waals surface area contributed by atoms with Gasteiger partial charge in [-0.05, 0) is 43.6 Å². The van der Waals surface area contributed by atoms with Gasteiger partial charge < -0.3 is 24.6 Å². The summed E-state index contributed by atoms with van der Waals surface area (Å²) in [7, 11) is 0. The molecule has 2 bridgehead atoms. The molecule has 3 amide bonds. The first-order valence-electron chi connectivity index (χ1n) is 12.2. The summed E-state index contributed by atoms with van der Waals surface area (Å²) in [5.41, 5.74) is 1.14. The fourth-order valence-corrected chi connectivity index (χ4v) is 4.87. The van der Waals surface area contributed by atoms with E-state index in [4.69, 9.17) is 9.47 Å². The molecule has 8 heteroatoms. The van der Waals surface area contributed by atoms with Crippen molar-refractivity contribution >= 4 is 17.7 Å². The van der Waals surface area contributed by atoms with E-state index in [-0.39, 0.29) is 30.2 Å². The Morgan fingerprint density at radius 2 is 1.82 bits per heavy atom. The minimum absolute atomic E-state index is 0.155. The van der Waals surface area contributed by atoms with Crippen molar-refractivity contribution in [2.45, 2.75) is 70.5 Å². The number of hydrogen-bond donors (Lipinski definition) is 1. The molecule has 0 spiro atoms. The van der Waals surface area contributed by atoms with Gasteiger partial charge in [0.05, 0.1) is 6.54 Å². The summed E-state index contributed by atoms with van der Waals surface area (Å²) < 4.78 is 11.6. The molecule has 180 valence electrons. The SMILES string of the molecule is CC(C)C[C@@H](C(=O)NCCc1ccccc1)N1C[C@@H]2O[C@H](C1=O)[C@H](C(=O)N1CCCCC1)O2. The molecular formula is C25H35N3O5. The van der Waals surface area contributed by atoms with Gasteiger partial charge in [0.1, 0.15) is 6.04 Å². The molecule has 8 nitrogen and oxygen atoms in total. The van der Waals surface area contributed by atoms with Gasteiger partial charge in [0.15, 0.2) is 18.5 Å². The molecule has 3 saturated heterocycles. The predicted molar refractivity (Wildman–Crippen MR) is 122 cm³/mol. The maximum absolute atomic E-state index is 13.4. The number of morpholine rings is 1. The Balaban J connectivity index is 1.41. The van der Waals surface area contributed by atoms with Crippen molar-refractivity contribution in [3.8, 4) is 0 Å². The average molecular weight is 458 g/mol. The van der Waals surface area contributed by atoms with Gasteiger partial charge in [-0.2, -0.15) is 0 Å². The van der Waals surface area contributed by atoms with Gasteiger partial charge in [-0.3, -0.25) is 14.4 Å². The number of likely N-dealkylation sites (tertiary alicyclic amines) is 1. The third kappa shape index (κ3) is 5.55. The lowest BCUT2D eigenvalue weighted by Gasteiger charge is -2.37. The van der Waals surface area contributed by atoms with Crippen LogP contribution in [0.1, 0.15) is 45.1 Å². The molecule has 4 rings (SSSR count). The number of piperidine rings is 1. The second-order valence-electron chi connectivity index (χ2n) is 9.59. The van der Waals surface area contributed by atoms with Crippen molar-refractivity contribution in [1.29, 1.82) is 0 Å². The second-order valence-corrected chi connectivity index (χ2v) is 9.59. The fourth-order valence-electron chi connectivity index (χ4n) is 4.87. The number of benzene rings is 1. The zero-order chi connectivity index (χ0) is 23.4. The molecule has 3 aliphatic heterocycles. The van der Waals surface area contributed by atoms with Crippen LogP contribution in [0, 0.1) is 5.92 Å². The van der Waals surface area contributed by atoms with E-state index < -0.39 is 24.5 Å². The Labute approximate surface area is 195 Å². The summed E-state index contributed by atoms with van der Waals surface area (Å²) in [5.74, 6) is -0.462. The highest BCUT2D eigenvalue weighted by Gasteiger charge is 2.54. The molecule has 0 aromatic heterocycles. The van der Waals surface area contributed by atoms with Crippen LogP contribution in [-0.4, -0.2) is 78.2 Å². The van der Waals surface area contributed by atoms with Gasteiger partial charge in [0, 0.05) is 19.6 Å². The van der Waals surface area contributed by atoms with Crippen molar-refractivity contribution in [1.82, 2.24) is 15.1 Å². The highest BCUT2D eigenvalue weighted by molar-refractivity contribution is 5.95. The number of carbonyl (C=O) groups excluding carboxylic acids is 3. The monoisotopic (exact) mass is 457 g/mol. The Morgan fingerprint density at radius 1 is 1.09 bits per heavy atom. The number of hydrogen-bond acceptors (Lipinski definition) is 5. The molecule has 4 atom stereocenters. The first kappa shape index (κ1) is 23.7. The van der Waals surface area contributed by atoms with Gasteiger partial charge in [-0.1, -0.05) is 44.2 Å². The predicted octanol–water partition coefficient (Wildman–Crippen LogP) is 1.72. The number of ether oxygens (including phenoxy) is 2. The van der Waals surface area contributed by atoms with Crippen molar-refractivity contribution in [2.24, 2.45) is 5.92 Å². The molecule has 33 heavy (non-hydrogen) atoms. The number of nitrogens with one attached hydrogen (secondary N) is 1. The van der Waals surface area contributed by atoms with E-state index in [1.54, 1.807) is 9.80 Å². The lowest BCUT2D eigenvalue weighted by Crippen LogP contribution is -2.59. The molecule has 3 fully saturated rings. The molecule has 3 aliphatic rings. The van der Waals surface area contributed by atoms with Crippen molar-refractivity contribution in [3.63, 3.8) is 0 Å². The van der Waals surface area contributed by atoms with E-state index in [0.717, 1.165) is 31.2 Å². The minimum atomic E-state index is -0.982. The summed E-state index contributed by atoms with van der Waals surface area (Å²) in [4.78, 5) is 42.9. The largest absolute Gasteiger partial charge is 0.354 e. The van der Waals surface area contributed by atoms with Gasteiger partial charge in [0.25, 0.3) is 11.8 Å². The van der Waals surface area contributed by atoms with Crippen LogP contribution in [0.4, 0.5) is 0 Å². The quantitative estimate of drug-likeness (QED) is 0.642. The summed E-state index contributed by atoms with van der Waals surface area (Å²) in [5, 5.41) is 3.00. The van der Waals surface area contributed by atoms with Crippen LogP contribution in [0.15, 0.2) is 30.3 Å². The Hall–Kier alpha value is -2.45. The smallest absolute Gasteiger partial charge is 0.255 e. The lowest BCUT2D eigenvalue weighted by atomic mass is 9.99. The van der Waals surface area contributed by atoms with Gasteiger partial charge >= 0.3 is 0 Å².